The summed E-state index contributed by atoms with van der Waals surface area (Å²) >= 11 is 0. The molecule has 1 unspecified atom stereocenters. The maximum Gasteiger partial charge on any atom is 0.319 e. The van der Waals surface area contributed by atoms with Crippen LogP contribution in [0.4, 0.5) is 10.5 Å². The molecular formula is C13H19N3O3. The van der Waals surface area contributed by atoms with E-state index in [2.05, 4.69) is 15.6 Å². The van der Waals surface area contributed by atoms with Crippen molar-refractivity contribution in [2.75, 3.05) is 11.9 Å². The van der Waals surface area contributed by atoms with E-state index in [4.69, 9.17) is 5.11 Å². The van der Waals surface area contributed by atoms with E-state index in [1.807, 2.05) is 6.92 Å². The van der Waals surface area contributed by atoms with Crippen LogP contribution >= 0.6 is 0 Å². The number of carboxylic acid groups (broad SMARTS) is 1. The van der Waals surface area contributed by atoms with Crippen molar-refractivity contribution in [1.29, 1.82) is 0 Å². The van der Waals surface area contributed by atoms with Crippen LogP contribution in [0, 0.1) is 12.8 Å². The average molecular weight is 265 g/mol. The molecule has 1 aromatic rings. The Labute approximate surface area is 112 Å². The number of anilines is 1. The number of amides is 2. The number of rotatable bonds is 6. The first-order valence-electron chi connectivity index (χ1n) is 6.21. The molecule has 0 radical (unpaired) electrons. The summed E-state index contributed by atoms with van der Waals surface area (Å²) in [5.74, 6) is -0.907. The van der Waals surface area contributed by atoms with E-state index < -0.39 is 5.97 Å². The molecule has 1 atom stereocenters. The normalized spacial score (nSPS) is 11.7. The third kappa shape index (κ3) is 5.37. The number of nitrogens with zero attached hydrogens (tertiary/aromatic N) is 1. The summed E-state index contributed by atoms with van der Waals surface area (Å²) in [6.07, 6.45) is 2.42. The van der Waals surface area contributed by atoms with Gasteiger partial charge in [0.1, 0.15) is 0 Å². The molecule has 0 bridgehead atoms. The van der Waals surface area contributed by atoms with Crippen LogP contribution in [0.15, 0.2) is 18.3 Å². The van der Waals surface area contributed by atoms with E-state index in [0.29, 0.717) is 18.7 Å². The smallest absolute Gasteiger partial charge is 0.319 e. The number of urea groups is 1. The minimum Gasteiger partial charge on any atom is -0.481 e. The van der Waals surface area contributed by atoms with Crippen molar-refractivity contribution in [3.8, 4) is 0 Å². The second kappa shape index (κ2) is 7.35. The summed E-state index contributed by atoms with van der Waals surface area (Å²) in [5.41, 5.74) is 1.38. The first kappa shape index (κ1) is 14.9. The van der Waals surface area contributed by atoms with Crippen molar-refractivity contribution in [1.82, 2.24) is 10.3 Å². The van der Waals surface area contributed by atoms with Gasteiger partial charge in [0.2, 0.25) is 0 Å². The topological polar surface area (TPSA) is 91.3 Å². The molecule has 6 heteroatoms. The molecule has 0 aliphatic rings. The number of carbonyl (C=O) groups excluding carboxylic acids is 1. The highest BCUT2D eigenvalue weighted by molar-refractivity contribution is 5.89. The van der Waals surface area contributed by atoms with Gasteiger partial charge in [-0.2, -0.15) is 0 Å². The summed E-state index contributed by atoms with van der Waals surface area (Å²) < 4.78 is 0. The molecule has 19 heavy (non-hydrogen) atoms. The molecule has 2 amide bonds. The minimum absolute atomic E-state index is 0.0572. The maximum absolute atomic E-state index is 11.7. The van der Waals surface area contributed by atoms with Crippen LogP contribution in [-0.4, -0.2) is 28.6 Å². The SMILES string of the molecule is CCC(CNC(=O)Nc1cccnc1C)CC(=O)O. The maximum atomic E-state index is 11.7. The number of hydrogen-bond donors (Lipinski definition) is 3. The van der Waals surface area contributed by atoms with Crippen LogP contribution in [0.25, 0.3) is 0 Å². The summed E-state index contributed by atoms with van der Waals surface area (Å²) in [6.45, 7) is 4.04. The first-order chi connectivity index (χ1) is 9.02. The molecule has 1 rings (SSSR count). The zero-order chi connectivity index (χ0) is 14.3. The van der Waals surface area contributed by atoms with Crippen LogP contribution in [0.5, 0.6) is 0 Å². The van der Waals surface area contributed by atoms with Crippen LogP contribution in [0.3, 0.4) is 0 Å². The van der Waals surface area contributed by atoms with Crippen molar-refractivity contribution in [3.63, 3.8) is 0 Å². The summed E-state index contributed by atoms with van der Waals surface area (Å²) in [5, 5.41) is 14.1. The van der Waals surface area contributed by atoms with Gasteiger partial charge in [0.25, 0.3) is 0 Å². The largest absolute Gasteiger partial charge is 0.481 e. The predicted octanol–water partition coefficient (Wildman–Crippen LogP) is 2.01. The Bertz CT molecular complexity index is 449. The lowest BCUT2D eigenvalue weighted by Gasteiger charge is -2.14. The summed E-state index contributed by atoms with van der Waals surface area (Å²) in [7, 11) is 0. The second-order valence-corrected chi connectivity index (χ2v) is 4.34. The van der Waals surface area contributed by atoms with Crippen LogP contribution in [0.2, 0.25) is 0 Å². The molecular weight excluding hydrogens is 246 g/mol. The Kier molecular flexibility index (Phi) is 5.78. The van der Waals surface area contributed by atoms with E-state index >= 15 is 0 Å². The van der Waals surface area contributed by atoms with Crippen molar-refractivity contribution in [2.45, 2.75) is 26.7 Å². The molecule has 1 heterocycles. The Hall–Kier alpha value is -2.11. The molecule has 1 aromatic heterocycles. The zero-order valence-electron chi connectivity index (χ0n) is 11.1. The monoisotopic (exact) mass is 265 g/mol. The summed E-state index contributed by atoms with van der Waals surface area (Å²) in [6, 6.07) is 3.15. The third-order valence-corrected chi connectivity index (χ3v) is 2.85. The zero-order valence-corrected chi connectivity index (χ0v) is 11.1. The van der Waals surface area contributed by atoms with Gasteiger partial charge in [-0.1, -0.05) is 13.3 Å². The molecule has 0 aliphatic carbocycles. The van der Waals surface area contributed by atoms with E-state index in [1.165, 1.54) is 0 Å². The average Bonchev–Trinajstić information content (AvgIpc) is 2.37. The highest BCUT2D eigenvalue weighted by Crippen LogP contribution is 2.10. The first-order valence-corrected chi connectivity index (χ1v) is 6.21. The van der Waals surface area contributed by atoms with Gasteiger partial charge in [0, 0.05) is 19.2 Å². The Balaban J connectivity index is 2.43. The second-order valence-electron chi connectivity index (χ2n) is 4.34. The number of hydrogen-bond acceptors (Lipinski definition) is 3. The number of aliphatic carboxylic acids is 1. The predicted molar refractivity (Wildman–Crippen MR) is 72.0 cm³/mol. The summed E-state index contributed by atoms with van der Waals surface area (Å²) in [4.78, 5) is 26.3. The molecule has 0 saturated carbocycles. The Morgan fingerprint density at radius 1 is 1.47 bits per heavy atom. The Morgan fingerprint density at radius 2 is 2.21 bits per heavy atom. The molecule has 0 spiro atoms. The molecule has 0 saturated heterocycles. The lowest BCUT2D eigenvalue weighted by Crippen LogP contribution is -2.33. The number of pyridine rings is 1. The lowest BCUT2D eigenvalue weighted by molar-refractivity contribution is -0.138. The van der Waals surface area contributed by atoms with E-state index in [0.717, 1.165) is 5.69 Å². The lowest BCUT2D eigenvalue weighted by atomic mass is 10.0. The van der Waals surface area contributed by atoms with Crippen molar-refractivity contribution in [3.05, 3.63) is 24.0 Å². The number of carbonyl (C=O) groups is 2. The van der Waals surface area contributed by atoms with Crippen molar-refractivity contribution >= 4 is 17.7 Å². The molecule has 104 valence electrons. The molecule has 6 nitrogen and oxygen atoms in total. The fourth-order valence-corrected chi connectivity index (χ4v) is 1.63. The van der Waals surface area contributed by atoms with Gasteiger partial charge in [-0.05, 0) is 25.0 Å². The minimum atomic E-state index is -0.850. The number of nitrogens with one attached hydrogen (secondary N) is 2. The van der Waals surface area contributed by atoms with E-state index in [-0.39, 0.29) is 18.4 Å². The fraction of sp³-hybridized carbons (Fsp3) is 0.462. The van der Waals surface area contributed by atoms with Crippen molar-refractivity contribution < 1.29 is 14.7 Å². The van der Waals surface area contributed by atoms with Gasteiger partial charge in [-0.3, -0.25) is 9.78 Å². The van der Waals surface area contributed by atoms with Crippen LogP contribution in [0.1, 0.15) is 25.5 Å². The number of aromatic nitrogens is 1. The van der Waals surface area contributed by atoms with Gasteiger partial charge in [0.05, 0.1) is 11.4 Å². The number of aryl methyl sites for hydroxylation is 1. The van der Waals surface area contributed by atoms with E-state index in [9.17, 15) is 9.59 Å². The van der Waals surface area contributed by atoms with Crippen molar-refractivity contribution in [2.24, 2.45) is 5.92 Å². The van der Waals surface area contributed by atoms with Gasteiger partial charge in [-0.25, -0.2) is 4.79 Å². The molecule has 0 aliphatic heterocycles. The third-order valence-electron chi connectivity index (χ3n) is 2.85. The molecule has 0 fully saturated rings. The highest BCUT2D eigenvalue weighted by atomic mass is 16.4. The van der Waals surface area contributed by atoms with E-state index in [1.54, 1.807) is 25.3 Å². The highest BCUT2D eigenvalue weighted by Gasteiger charge is 2.12. The molecule has 3 N–H and O–H groups in total. The number of carboxylic acids is 1. The fourth-order valence-electron chi connectivity index (χ4n) is 1.63. The molecule has 0 aromatic carbocycles. The van der Waals surface area contributed by atoms with Gasteiger partial charge in [0.15, 0.2) is 0 Å². The van der Waals surface area contributed by atoms with Crippen LogP contribution in [-0.2, 0) is 4.79 Å². The Morgan fingerprint density at radius 3 is 2.79 bits per heavy atom. The standard InChI is InChI=1S/C13H19N3O3/c1-3-10(7-12(17)18)8-15-13(19)16-11-5-4-6-14-9(11)2/h4-6,10H,3,7-8H2,1-2H3,(H,17,18)(H2,15,16,19). The van der Waals surface area contributed by atoms with Gasteiger partial charge >= 0.3 is 12.0 Å². The van der Waals surface area contributed by atoms with Gasteiger partial charge in [-0.15, -0.1) is 0 Å². The quantitative estimate of drug-likeness (QED) is 0.733. The van der Waals surface area contributed by atoms with Gasteiger partial charge < -0.3 is 15.7 Å². The van der Waals surface area contributed by atoms with Crippen LogP contribution < -0.4 is 10.6 Å².